The van der Waals surface area contributed by atoms with E-state index in [1.165, 1.54) is 6.08 Å². The van der Waals surface area contributed by atoms with Gasteiger partial charge in [0.05, 0.1) is 0 Å². The van der Waals surface area contributed by atoms with Crippen LogP contribution in [0, 0.1) is 0 Å². The second kappa shape index (κ2) is 1.99. The summed E-state index contributed by atoms with van der Waals surface area (Å²) in [5.74, 6) is -0.267. The standard InChI is InChI=1S/C6H8FN/c7-5-3-1-2-4-6(5)8/h1,3H,2,4,8H2. The molecule has 0 radical (unpaired) electrons. The fourth-order valence-corrected chi connectivity index (χ4v) is 0.652. The van der Waals surface area contributed by atoms with E-state index in [4.69, 9.17) is 5.73 Å². The van der Waals surface area contributed by atoms with Crippen molar-refractivity contribution in [2.24, 2.45) is 5.73 Å². The Balaban J connectivity index is 2.76. The minimum Gasteiger partial charge on any atom is -0.400 e. The van der Waals surface area contributed by atoms with E-state index >= 15 is 0 Å². The molecule has 1 nitrogen and oxygen atoms in total. The van der Waals surface area contributed by atoms with Gasteiger partial charge in [-0.25, -0.2) is 4.39 Å². The van der Waals surface area contributed by atoms with Gasteiger partial charge in [-0.05, 0) is 18.9 Å². The van der Waals surface area contributed by atoms with Gasteiger partial charge < -0.3 is 5.73 Å². The summed E-state index contributed by atoms with van der Waals surface area (Å²) < 4.78 is 12.2. The Kier molecular flexibility index (Phi) is 1.33. The lowest BCUT2D eigenvalue weighted by molar-refractivity contribution is 0.633. The van der Waals surface area contributed by atoms with Crippen molar-refractivity contribution < 1.29 is 4.39 Å². The molecule has 2 heteroatoms. The number of allylic oxidation sites excluding steroid dienone is 4. The highest BCUT2D eigenvalue weighted by molar-refractivity contribution is 5.21. The molecule has 0 bridgehead atoms. The zero-order chi connectivity index (χ0) is 5.98. The van der Waals surface area contributed by atoms with Crippen LogP contribution in [0.25, 0.3) is 0 Å². The van der Waals surface area contributed by atoms with E-state index in [-0.39, 0.29) is 5.83 Å². The van der Waals surface area contributed by atoms with Crippen molar-refractivity contribution in [3.8, 4) is 0 Å². The molecule has 1 aliphatic rings. The zero-order valence-corrected chi connectivity index (χ0v) is 4.52. The third kappa shape index (κ3) is 0.886. The Bertz CT molecular complexity index is 147. The molecule has 0 saturated heterocycles. The molecule has 0 aromatic rings. The van der Waals surface area contributed by atoms with Crippen LogP contribution < -0.4 is 5.73 Å². The Hall–Kier alpha value is -0.790. The summed E-state index contributed by atoms with van der Waals surface area (Å²) in [6, 6.07) is 0. The van der Waals surface area contributed by atoms with Gasteiger partial charge in [0.15, 0.2) is 0 Å². The number of hydrogen-bond donors (Lipinski definition) is 1. The van der Waals surface area contributed by atoms with Crippen LogP contribution in [-0.4, -0.2) is 0 Å². The molecule has 0 unspecified atom stereocenters. The lowest BCUT2D eigenvalue weighted by atomic mass is 10.1. The summed E-state index contributed by atoms with van der Waals surface area (Å²) in [5, 5.41) is 0. The first-order chi connectivity index (χ1) is 3.80. The van der Waals surface area contributed by atoms with Crippen LogP contribution in [0.5, 0.6) is 0 Å². The highest BCUT2D eigenvalue weighted by Gasteiger charge is 2.01. The third-order valence-electron chi connectivity index (χ3n) is 1.15. The molecule has 0 fully saturated rings. The van der Waals surface area contributed by atoms with Crippen LogP contribution in [0.3, 0.4) is 0 Å². The van der Waals surface area contributed by atoms with E-state index in [0.29, 0.717) is 12.1 Å². The summed E-state index contributed by atoms with van der Waals surface area (Å²) >= 11 is 0. The topological polar surface area (TPSA) is 26.0 Å². The highest BCUT2D eigenvalue weighted by atomic mass is 19.1. The average Bonchev–Trinajstić information content (AvgIpc) is 1.77. The minimum atomic E-state index is -0.267. The molecule has 0 amide bonds. The van der Waals surface area contributed by atoms with Gasteiger partial charge in [-0.1, -0.05) is 6.08 Å². The number of halogens is 1. The lowest BCUT2D eigenvalue weighted by Gasteiger charge is -2.02. The average molecular weight is 113 g/mol. The monoisotopic (exact) mass is 113 g/mol. The van der Waals surface area contributed by atoms with Crippen molar-refractivity contribution in [1.29, 1.82) is 0 Å². The van der Waals surface area contributed by atoms with Crippen LogP contribution in [0.1, 0.15) is 12.8 Å². The van der Waals surface area contributed by atoms with E-state index in [9.17, 15) is 4.39 Å². The first kappa shape index (κ1) is 5.35. The van der Waals surface area contributed by atoms with Gasteiger partial charge in [0.25, 0.3) is 0 Å². The molecule has 1 rings (SSSR count). The Morgan fingerprint density at radius 1 is 1.62 bits per heavy atom. The third-order valence-corrected chi connectivity index (χ3v) is 1.15. The van der Waals surface area contributed by atoms with E-state index < -0.39 is 0 Å². The van der Waals surface area contributed by atoms with Crippen LogP contribution in [0.2, 0.25) is 0 Å². The van der Waals surface area contributed by atoms with Crippen LogP contribution in [0.4, 0.5) is 4.39 Å². The molecule has 0 atom stereocenters. The second-order valence-corrected chi connectivity index (χ2v) is 1.81. The van der Waals surface area contributed by atoms with Gasteiger partial charge in [0.2, 0.25) is 0 Å². The quantitative estimate of drug-likeness (QED) is 0.506. The molecule has 8 heavy (non-hydrogen) atoms. The number of rotatable bonds is 0. The number of hydrogen-bond acceptors (Lipinski definition) is 1. The van der Waals surface area contributed by atoms with Crippen molar-refractivity contribution >= 4 is 0 Å². The SMILES string of the molecule is NC1=C(F)C=CCC1. The Morgan fingerprint density at radius 3 is 2.75 bits per heavy atom. The maximum atomic E-state index is 12.2. The van der Waals surface area contributed by atoms with Crippen molar-refractivity contribution in [3.63, 3.8) is 0 Å². The first-order valence-electron chi connectivity index (χ1n) is 2.61. The number of nitrogens with two attached hydrogens (primary N) is 1. The van der Waals surface area contributed by atoms with E-state index in [1.807, 2.05) is 0 Å². The maximum absolute atomic E-state index is 12.2. The Morgan fingerprint density at radius 2 is 2.38 bits per heavy atom. The largest absolute Gasteiger partial charge is 0.400 e. The molecule has 1 aliphatic carbocycles. The van der Waals surface area contributed by atoms with E-state index in [1.54, 1.807) is 6.08 Å². The second-order valence-electron chi connectivity index (χ2n) is 1.81. The summed E-state index contributed by atoms with van der Waals surface area (Å²) in [4.78, 5) is 0. The molecular weight excluding hydrogens is 105 g/mol. The smallest absolute Gasteiger partial charge is 0.141 e. The van der Waals surface area contributed by atoms with E-state index in [2.05, 4.69) is 0 Å². The van der Waals surface area contributed by atoms with Crippen molar-refractivity contribution in [2.45, 2.75) is 12.8 Å². The molecule has 0 saturated carbocycles. The predicted molar refractivity (Wildman–Crippen MR) is 30.7 cm³/mol. The molecule has 0 aromatic heterocycles. The highest BCUT2D eigenvalue weighted by Crippen LogP contribution is 2.14. The van der Waals surface area contributed by atoms with Crippen LogP contribution >= 0.6 is 0 Å². The Labute approximate surface area is 47.7 Å². The maximum Gasteiger partial charge on any atom is 0.141 e. The first-order valence-corrected chi connectivity index (χ1v) is 2.61. The molecule has 0 aliphatic heterocycles. The molecule has 2 N–H and O–H groups in total. The molecule has 44 valence electrons. The summed E-state index contributed by atoms with van der Waals surface area (Å²) in [5.41, 5.74) is 5.61. The normalized spacial score (nSPS) is 19.6. The van der Waals surface area contributed by atoms with Gasteiger partial charge in [0.1, 0.15) is 5.83 Å². The molecular formula is C6H8FN. The van der Waals surface area contributed by atoms with Gasteiger partial charge in [-0.2, -0.15) is 0 Å². The van der Waals surface area contributed by atoms with Crippen molar-refractivity contribution in [1.82, 2.24) is 0 Å². The van der Waals surface area contributed by atoms with Crippen LogP contribution in [0.15, 0.2) is 23.7 Å². The van der Waals surface area contributed by atoms with Crippen molar-refractivity contribution in [2.75, 3.05) is 0 Å². The molecule has 0 aromatic carbocycles. The van der Waals surface area contributed by atoms with E-state index in [0.717, 1.165) is 6.42 Å². The molecule has 0 spiro atoms. The summed E-state index contributed by atoms with van der Waals surface area (Å²) in [7, 11) is 0. The predicted octanol–water partition coefficient (Wildman–Crippen LogP) is 1.48. The fourth-order valence-electron chi connectivity index (χ4n) is 0.652. The fraction of sp³-hybridized carbons (Fsp3) is 0.333. The van der Waals surface area contributed by atoms with Crippen molar-refractivity contribution in [3.05, 3.63) is 23.7 Å². The van der Waals surface area contributed by atoms with Crippen LogP contribution in [-0.2, 0) is 0 Å². The lowest BCUT2D eigenvalue weighted by Crippen LogP contribution is -2.01. The van der Waals surface area contributed by atoms with Gasteiger partial charge in [-0.3, -0.25) is 0 Å². The summed E-state index contributed by atoms with van der Waals surface area (Å²) in [6.45, 7) is 0. The van der Waals surface area contributed by atoms with Gasteiger partial charge in [-0.15, -0.1) is 0 Å². The van der Waals surface area contributed by atoms with Gasteiger partial charge in [0, 0.05) is 5.70 Å². The summed E-state index contributed by atoms with van der Waals surface area (Å²) in [6.07, 6.45) is 4.74. The van der Waals surface area contributed by atoms with Gasteiger partial charge >= 0.3 is 0 Å². The minimum absolute atomic E-state index is 0.267. The molecule has 0 heterocycles. The zero-order valence-electron chi connectivity index (χ0n) is 4.52.